The van der Waals surface area contributed by atoms with Gasteiger partial charge in [0.2, 0.25) is 11.8 Å². The highest BCUT2D eigenvalue weighted by atomic mass is 35.5. The fourth-order valence-electron chi connectivity index (χ4n) is 3.15. The molecule has 6 nitrogen and oxygen atoms in total. The topological polar surface area (TPSA) is 80.0 Å². The number of nitrogens with one attached hydrogen (secondary N) is 2. The molecule has 31 heavy (non-hydrogen) atoms. The summed E-state index contributed by atoms with van der Waals surface area (Å²) in [6.07, 6.45) is 0.938. The highest BCUT2D eigenvalue weighted by Crippen LogP contribution is 2.29. The molecule has 2 N–H and O–H groups in total. The number of halogens is 1. The smallest absolute Gasteiger partial charge is 0.320 e. The van der Waals surface area contributed by atoms with Crippen molar-refractivity contribution < 1.29 is 9.21 Å². The number of aryl methyl sites for hydroxylation is 1. The summed E-state index contributed by atoms with van der Waals surface area (Å²) in [5, 5.41) is 14.6. The molecule has 1 heterocycles. The summed E-state index contributed by atoms with van der Waals surface area (Å²) in [5.41, 5.74) is 3.35. The molecule has 1 atom stereocenters. The fourth-order valence-corrected chi connectivity index (χ4v) is 3.37. The van der Waals surface area contributed by atoms with Gasteiger partial charge in [0.25, 0.3) is 0 Å². The molecular formula is C24H21ClN4O2. The quantitative estimate of drug-likeness (QED) is 0.399. The summed E-state index contributed by atoms with van der Waals surface area (Å²) >= 11 is 6.25. The van der Waals surface area contributed by atoms with Crippen molar-refractivity contribution in [3.8, 4) is 11.5 Å². The maximum atomic E-state index is 12.7. The van der Waals surface area contributed by atoms with Crippen molar-refractivity contribution in [1.82, 2.24) is 15.5 Å². The lowest BCUT2D eigenvalue weighted by Crippen LogP contribution is -2.33. The molecule has 3 aromatic carbocycles. The van der Waals surface area contributed by atoms with Crippen LogP contribution in [0.4, 0.5) is 10.5 Å². The molecule has 0 aliphatic carbocycles. The number of amides is 2. The van der Waals surface area contributed by atoms with Gasteiger partial charge in [-0.2, -0.15) is 0 Å². The summed E-state index contributed by atoms with van der Waals surface area (Å²) in [4.78, 5) is 12.7. The Kier molecular flexibility index (Phi) is 6.29. The van der Waals surface area contributed by atoms with Crippen LogP contribution in [0.3, 0.4) is 0 Å². The maximum Gasteiger partial charge on any atom is 0.320 e. The number of aromatic nitrogens is 2. The van der Waals surface area contributed by atoms with Gasteiger partial charge in [0, 0.05) is 5.69 Å². The number of hydrogen-bond donors (Lipinski definition) is 2. The molecule has 0 radical (unpaired) electrons. The Labute approximate surface area is 185 Å². The SMILES string of the molecule is CCc1ccc(NC(=O)NC(c2ccccc2)c2nnc(-c3ccccc3Cl)o2)cc1. The molecule has 0 spiro atoms. The van der Waals surface area contributed by atoms with E-state index in [9.17, 15) is 4.79 Å². The summed E-state index contributed by atoms with van der Waals surface area (Å²) in [5.74, 6) is 0.552. The van der Waals surface area contributed by atoms with E-state index in [0.29, 0.717) is 22.2 Å². The van der Waals surface area contributed by atoms with Gasteiger partial charge in [-0.05, 0) is 41.8 Å². The molecule has 0 saturated heterocycles. The number of hydrogen-bond acceptors (Lipinski definition) is 4. The van der Waals surface area contributed by atoms with E-state index in [2.05, 4.69) is 27.8 Å². The maximum absolute atomic E-state index is 12.7. The minimum Gasteiger partial charge on any atom is -0.418 e. The molecule has 0 fully saturated rings. The number of anilines is 1. The van der Waals surface area contributed by atoms with Gasteiger partial charge in [0.1, 0.15) is 6.04 Å². The van der Waals surface area contributed by atoms with Gasteiger partial charge in [-0.15, -0.1) is 10.2 Å². The van der Waals surface area contributed by atoms with Crippen LogP contribution < -0.4 is 10.6 Å². The lowest BCUT2D eigenvalue weighted by molar-refractivity contribution is 0.248. The Balaban J connectivity index is 1.58. The van der Waals surface area contributed by atoms with Gasteiger partial charge in [0.15, 0.2) is 0 Å². The number of benzene rings is 3. The van der Waals surface area contributed by atoms with Crippen LogP contribution in [0.15, 0.2) is 83.3 Å². The third kappa shape index (κ3) is 4.92. The average Bonchev–Trinajstić information content (AvgIpc) is 3.28. The van der Waals surface area contributed by atoms with E-state index in [-0.39, 0.29) is 11.9 Å². The first-order valence-corrected chi connectivity index (χ1v) is 10.3. The van der Waals surface area contributed by atoms with Crippen LogP contribution in [0.1, 0.15) is 30.0 Å². The van der Waals surface area contributed by atoms with Gasteiger partial charge in [-0.3, -0.25) is 0 Å². The Morgan fingerprint density at radius 1 is 0.968 bits per heavy atom. The molecule has 4 aromatic rings. The van der Waals surface area contributed by atoms with E-state index in [1.54, 1.807) is 12.1 Å². The summed E-state index contributed by atoms with van der Waals surface area (Å²) in [7, 11) is 0. The van der Waals surface area contributed by atoms with E-state index in [1.807, 2.05) is 66.7 Å². The Morgan fingerprint density at radius 3 is 2.39 bits per heavy atom. The number of carbonyl (C=O) groups excluding carboxylic acids is 1. The molecule has 0 aliphatic heterocycles. The van der Waals surface area contributed by atoms with E-state index in [4.69, 9.17) is 16.0 Å². The molecule has 0 bridgehead atoms. The van der Waals surface area contributed by atoms with E-state index in [1.165, 1.54) is 5.56 Å². The largest absolute Gasteiger partial charge is 0.418 e. The molecule has 0 aliphatic rings. The lowest BCUT2D eigenvalue weighted by atomic mass is 10.1. The van der Waals surface area contributed by atoms with E-state index in [0.717, 1.165) is 12.0 Å². The van der Waals surface area contributed by atoms with Crippen LogP contribution in [-0.4, -0.2) is 16.2 Å². The lowest BCUT2D eigenvalue weighted by Gasteiger charge is -2.16. The Bertz CT molecular complexity index is 1160. The minimum absolute atomic E-state index is 0.262. The van der Waals surface area contributed by atoms with Crippen LogP contribution in [0.25, 0.3) is 11.5 Å². The monoisotopic (exact) mass is 432 g/mol. The fraction of sp³-hybridized carbons (Fsp3) is 0.125. The van der Waals surface area contributed by atoms with Crippen molar-refractivity contribution in [2.75, 3.05) is 5.32 Å². The number of carbonyl (C=O) groups is 1. The first kappa shape index (κ1) is 20.6. The summed E-state index contributed by atoms with van der Waals surface area (Å²) < 4.78 is 5.90. The van der Waals surface area contributed by atoms with Gasteiger partial charge < -0.3 is 15.1 Å². The minimum atomic E-state index is -0.625. The van der Waals surface area contributed by atoms with E-state index < -0.39 is 6.04 Å². The first-order chi connectivity index (χ1) is 15.1. The zero-order chi connectivity index (χ0) is 21.6. The van der Waals surface area contributed by atoms with Crippen molar-refractivity contribution in [1.29, 1.82) is 0 Å². The third-order valence-corrected chi connectivity index (χ3v) is 5.15. The predicted molar refractivity (Wildman–Crippen MR) is 121 cm³/mol. The highest BCUT2D eigenvalue weighted by Gasteiger charge is 2.24. The molecule has 1 aromatic heterocycles. The second-order valence-corrected chi connectivity index (χ2v) is 7.33. The van der Waals surface area contributed by atoms with Gasteiger partial charge in [-0.1, -0.05) is 73.1 Å². The molecule has 4 rings (SSSR count). The van der Waals surface area contributed by atoms with Gasteiger partial charge >= 0.3 is 6.03 Å². The number of urea groups is 1. The highest BCUT2D eigenvalue weighted by molar-refractivity contribution is 6.33. The van der Waals surface area contributed by atoms with Crippen LogP contribution in [0.5, 0.6) is 0 Å². The zero-order valence-electron chi connectivity index (χ0n) is 16.9. The molecule has 7 heteroatoms. The van der Waals surface area contributed by atoms with Gasteiger partial charge in [-0.25, -0.2) is 4.79 Å². The van der Waals surface area contributed by atoms with Crippen molar-refractivity contribution >= 4 is 23.3 Å². The summed E-state index contributed by atoms with van der Waals surface area (Å²) in [6, 6.07) is 23.4. The number of nitrogens with zero attached hydrogens (tertiary/aromatic N) is 2. The van der Waals surface area contributed by atoms with Crippen LogP contribution in [0.2, 0.25) is 5.02 Å². The first-order valence-electron chi connectivity index (χ1n) is 9.93. The van der Waals surface area contributed by atoms with Crippen molar-refractivity contribution in [3.63, 3.8) is 0 Å². The molecule has 0 saturated carbocycles. The van der Waals surface area contributed by atoms with E-state index >= 15 is 0 Å². The predicted octanol–water partition coefficient (Wildman–Crippen LogP) is 5.86. The average molecular weight is 433 g/mol. The van der Waals surface area contributed by atoms with Crippen LogP contribution >= 0.6 is 11.6 Å². The van der Waals surface area contributed by atoms with Crippen molar-refractivity contribution in [2.24, 2.45) is 0 Å². The summed E-state index contributed by atoms with van der Waals surface area (Å²) in [6.45, 7) is 2.08. The van der Waals surface area contributed by atoms with Crippen LogP contribution in [0, 0.1) is 0 Å². The zero-order valence-corrected chi connectivity index (χ0v) is 17.6. The molecular weight excluding hydrogens is 412 g/mol. The second kappa shape index (κ2) is 9.45. The Hall–Kier alpha value is -3.64. The molecule has 2 amide bonds. The Morgan fingerprint density at radius 2 is 1.68 bits per heavy atom. The standard InChI is InChI=1S/C24H21ClN4O2/c1-2-16-12-14-18(15-13-16)26-24(30)27-21(17-8-4-3-5-9-17)23-29-28-22(31-23)19-10-6-7-11-20(19)25/h3-15,21H,2H2,1H3,(H2,26,27,30). The molecule has 1 unspecified atom stereocenters. The normalized spacial score (nSPS) is 11.7. The molecule has 156 valence electrons. The number of rotatable bonds is 6. The van der Waals surface area contributed by atoms with Gasteiger partial charge in [0.05, 0.1) is 10.6 Å². The van der Waals surface area contributed by atoms with Crippen molar-refractivity contribution in [2.45, 2.75) is 19.4 Å². The third-order valence-electron chi connectivity index (χ3n) is 4.82. The van der Waals surface area contributed by atoms with Crippen molar-refractivity contribution in [3.05, 3.63) is 101 Å². The van der Waals surface area contributed by atoms with Crippen LogP contribution in [-0.2, 0) is 6.42 Å². The second-order valence-electron chi connectivity index (χ2n) is 6.92.